The van der Waals surface area contributed by atoms with E-state index in [1.165, 1.54) is 19.0 Å². The average Bonchev–Trinajstić information content (AvgIpc) is 3.62. The third kappa shape index (κ3) is 5.62. The summed E-state index contributed by atoms with van der Waals surface area (Å²) in [6.45, 7) is 3.54. The van der Waals surface area contributed by atoms with Crippen LogP contribution < -0.4 is 10.0 Å². The molecule has 1 aliphatic rings. The Morgan fingerprint density at radius 3 is 2.45 bits per heavy atom. The van der Waals surface area contributed by atoms with Crippen LogP contribution in [0.25, 0.3) is 11.1 Å². The van der Waals surface area contributed by atoms with Gasteiger partial charge in [-0.25, -0.2) is 9.97 Å². The summed E-state index contributed by atoms with van der Waals surface area (Å²) in [4.78, 5) is 25.4. The van der Waals surface area contributed by atoms with Crippen LogP contribution in [0.4, 0.5) is 24.8 Å². The maximum Gasteiger partial charge on any atom is 0.417 e. The summed E-state index contributed by atoms with van der Waals surface area (Å²) in [6.07, 6.45) is 1.66. The van der Waals surface area contributed by atoms with E-state index in [2.05, 4.69) is 25.0 Å². The molecule has 0 saturated heterocycles. The van der Waals surface area contributed by atoms with Crippen LogP contribution in [0.5, 0.6) is 0 Å². The average molecular weight is 474 g/mol. The van der Waals surface area contributed by atoms with Crippen LogP contribution in [0.3, 0.4) is 0 Å². The Labute approximate surface area is 193 Å². The van der Waals surface area contributed by atoms with Crippen molar-refractivity contribution in [3.63, 3.8) is 0 Å². The number of anilines is 2. The molecule has 172 valence electrons. The molecule has 0 radical (unpaired) electrons. The van der Waals surface area contributed by atoms with Crippen molar-refractivity contribution in [2.45, 2.75) is 43.5 Å². The molecule has 1 fully saturated rings. The van der Waals surface area contributed by atoms with Crippen molar-refractivity contribution in [2.24, 2.45) is 0 Å². The minimum absolute atomic E-state index is 0.268. The molecule has 4 rings (SSSR count). The molecule has 2 aromatic heterocycles. The summed E-state index contributed by atoms with van der Waals surface area (Å²) in [6, 6.07) is 9.32. The number of aromatic nitrogens is 3. The molecule has 1 saturated carbocycles. The number of halogens is 3. The lowest BCUT2D eigenvalue weighted by Gasteiger charge is -2.23. The molecule has 0 unspecified atom stereocenters. The van der Waals surface area contributed by atoms with E-state index in [4.69, 9.17) is 0 Å². The first kappa shape index (κ1) is 23.0. The van der Waals surface area contributed by atoms with Gasteiger partial charge in [0.25, 0.3) is 0 Å². The number of hydrogen-bond donors (Lipinski definition) is 2. The van der Waals surface area contributed by atoms with Gasteiger partial charge in [-0.15, -0.1) is 0 Å². The van der Waals surface area contributed by atoms with Gasteiger partial charge < -0.3 is 5.32 Å². The molecule has 0 aliphatic heterocycles. The molecule has 1 amide bonds. The number of hydrogen-bond acceptors (Lipinski definition) is 6. The second-order valence-corrected chi connectivity index (χ2v) is 9.41. The number of amides is 1. The number of nitrogens with zero attached hydrogens (tertiary/aromatic N) is 3. The van der Waals surface area contributed by atoms with Crippen molar-refractivity contribution >= 4 is 29.5 Å². The molecule has 10 heteroatoms. The smallest absolute Gasteiger partial charge is 0.325 e. The maximum atomic E-state index is 13.0. The van der Waals surface area contributed by atoms with Crippen LogP contribution in [0.15, 0.2) is 55.0 Å². The number of nitrogens with one attached hydrogen (secondary N) is 2. The molecule has 1 aliphatic carbocycles. The summed E-state index contributed by atoms with van der Waals surface area (Å²) >= 11 is 1.59. The third-order valence-electron chi connectivity index (χ3n) is 5.25. The Bertz CT molecular complexity index is 1150. The highest BCUT2D eigenvalue weighted by Gasteiger charge is 2.33. The number of alkyl halides is 3. The van der Waals surface area contributed by atoms with Gasteiger partial charge in [-0.1, -0.05) is 12.1 Å². The molecule has 0 bridgehead atoms. The first-order chi connectivity index (χ1) is 15.6. The van der Waals surface area contributed by atoms with Crippen LogP contribution in [-0.4, -0.2) is 26.1 Å². The van der Waals surface area contributed by atoms with Crippen molar-refractivity contribution < 1.29 is 18.0 Å². The first-order valence-electron chi connectivity index (χ1n) is 10.3. The molecular weight excluding hydrogens is 451 g/mol. The van der Waals surface area contributed by atoms with E-state index in [1.807, 2.05) is 0 Å². The quantitative estimate of drug-likeness (QED) is 0.429. The fraction of sp³-hybridized carbons (Fsp3) is 0.304. The Kier molecular flexibility index (Phi) is 6.29. The van der Waals surface area contributed by atoms with Gasteiger partial charge in [-0.2, -0.15) is 13.2 Å². The number of carbonyl (C=O) groups excluding carboxylic acids is 1. The van der Waals surface area contributed by atoms with Gasteiger partial charge >= 0.3 is 6.18 Å². The van der Waals surface area contributed by atoms with Gasteiger partial charge in [0.2, 0.25) is 11.9 Å². The monoisotopic (exact) mass is 473 g/mol. The van der Waals surface area contributed by atoms with Crippen molar-refractivity contribution in [2.75, 3.05) is 10.0 Å². The molecule has 6 nitrogen and oxygen atoms in total. The number of rotatable bonds is 7. The number of carbonyl (C=O) groups is 1. The lowest BCUT2D eigenvalue weighted by molar-refractivity contribution is -0.137. The topological polar surface area (TPSA) is 79.8 Å². The van der Waals surface area contributed by atoms with Crippen LogP contribution >= 0.6 is 11.9 Å². The van der Waals surface area contributed by atoms with E-state index in [9.17, 15) is 18.0 Å². The summed E-state index contributed by atoms with van der Waals surface area (Å²) in [5.74, 6) is 0.194. The van der Waals surface area contributed by atoms with E-state index in [1.54, 1.807) is 62.3 Å². The molecule has 33 heavy (non-hydrogen) atoms. The molecule has 2 N–H and O–H groups in total. The van der Waals surface area contributed by atoms with Gasteiger partial charge in [-0.3, -0.25) is 14.5 Å². The largest absolute Gasteiger partial charge is 0.417 e. The Morgan fingerprint density at radius 2 is 1.79 bits per heavy atom. The van der Waals surface area contributed by atoms with E-state index in [0.29, 0.717) is 33.7 Å². The van der Waals surface area contributed by atoms with E-state index >= 15 is 0 Å². The zero-order valence-electron chi connectivity index (χ0n) is 18.0. The second-order valence-electron chi connectivity index (χ2n) is 8.30. The zero-order valence-corrected chi connectivity index (χ0v) is 18.8. The van der Waals surface area contributed by atoms with Crippen LogP contribution in [0.1, 0.15) is 37.9 Å². The zero-order chi connectivity index (χ0) is 23.6. The predicted octanol–water partition coefficient (Wildman–Crippen LogP) is 5.70. The maximum absolute atomic E-state index is 13.0. The Morgan fingerprint density at radius 1 is 1.06 bits per heavy atom. The standard InChI is InChI=1S/C23H22F3N5OS/c1-22(2,19-9-10-28-21(30-19)31-33-18-7-8-18)20(32)29-17-5-3-14(4-6-17)15-11-16(13-27-12-15)23(24,25)26/h3-6,9-13,18H,7-8H2,1-2H3,(H,29,32)(H,28,30,31). The fourth-order valence-electron chi connectivity index (χ4n) is 2.98. The lowest BCUT2D eigenvalue weighted by atomic mass is 9.88. The van der Waals surface area contributed by atoms with Crippen LogP contribution in [0.2, 0.25) is 0 Å². The van der Waals surface area contributed by atoms with Crippen molar-refractivity contribution in [1.82, 2.24) is 15.0 Å². The summed E-state index contributed by atoms with van der Waals surface area (Å²) in [5.41, 5.74) is 0.244. The second kappa shape index (κ2) is 9.01. The van der Waals surface area contributed by atoms with Gasteiger partial charge in [-0.05, 0) is 68.5 Å². The summed E-state index contributed by atoms with van der Waals surface area (Å²) < 4.78 is 42.0. The number of pyridine rings is 1. The molecule has 1 aromatic carbocycles. The van der Waals surface area contributed by atoms with Crippen molar-refractivity contribution in [1.29, 1.82) is 0 Å². The van der Waals surface area contributed by atoms with E-state index in [0.717, 1.165) is 12.3 Å². The Hall–Kier alpha value is -3.14. The number of benzene rings is 1. The lowest BCUT2D eigenvalue weighted by Crippen LogP contribution is -2.35. The highest BCUT2D eigenvalue weighted by Crippen LogP contribution is 2.34. The highest BCUT2D eigenvalue weighted by molar-refractivity contribution is 8.01. The SMILES string of the molecule is CC(C)(C(=O)Nc1ccc(-c2cncc(C(F)(F)F)c2)cc1)c1ccnc(NSC2CC2)n1. The van der Waals surface area contributed by atoms with Gasteiger partial charge in [0.15, 0.2) is 0 Å². The minimum atomic E-state index is -4.46. The minimum Gasteiger partial charge on any atom is -0.325 e. The van der Waals surface area contributed by atoms with Crippen LogP contribution in [-0.2, 0) is 16.4 Å². The molecule has 0 atom stereocenters. The molecule has 2 heterocycles. The first-order valence-corrected chi connectivity index (χ1v) is 11.2. The van der Waals surface area contributed by atoms with E-state index in [-0.39, 0.29) is 5.91 Å². The van der Waals surface area contributed by atoms with Gasteiger partial charge in [0.1, 0.15) is 0 Å². The normalized spacial score (nSPS) is 14.1. The predicted molar refractivity (Wildman–Crippen MR) is 123 cm³/mol. The molecule has 3 aromatic rings. The van der Waals surface area contributed by atoms with Crippen LogP contribution in [0, 0.1) is 0 Å². The Balaban J connectivity index is 1.45. The summed E-state index contributed by atoms with van der Waals surface area (Å²) in [5, 5.41) is 3.44. The summed E-state index contributed by atoms with van der Waals surface area (Å²) in [7, 11) is 0. The van der Waals surface area contributed by atoms with Gasteiger partial charge in [0.05, 0.1) is 16.7 Å². The van der Waals surface area contributed by atoms with Crippen molar-refractivity contribution in [3.05, 3.63) is 66.2 Å². The molecular formula is C23H22F3N5OS. The highest BCUT2D eigenvalue weighted by atomic mass is 32.2. The molecule has 0 spiro atoms. The van der Waals surface area contributed by atoms with Crippen molar-refractivity contribution in [3.8, 4) is 11.1 Å². The van der Waals surface area contributed by atoms with Gasteiger partial charge in [0, 0.05) is 35.1 Å². The van der Waals surface area contributed by atoms with E-state index < -0.39 is 17.2 Å². The third-order valence-corrected chi connectivity index (χ3v) is 6.35. The fourth-order valence-corrected chi connectivity index (χ4v) is 3.72.